The fraction of sp³-hybridized carbons (Fsp3) is 0.944. The number of carbonyl (C=O) groups excluding carboxylic acids is 1. The van der Waals surface area contributed by atoms with Gasteiger partial charge >= 0.3 is 113 Å². The van der Waals surface area contributed by atoms with Gasteiger partial charge in [0, 0.05) is 0 Å². The van der Waals surface area contributed by atoms with Crippen molar-refractivity contribution in [2.75, 3.05) is 33.0 Å². The summed E-state index contributed by atoms with van der Waals surface area (Å²) in [5.74, 6) is -0.0938. The van der Waals surface area contributed by atoms with Gasteiger partial charge in [0.1, 0.15) is 0 Å². The summed E-state index contributed by atoms with van der Waals surface area (Å²) >= 11 is 1.18. The first-order chi connectivity index (χ1) is 13.3. The average molecular weight is 437 g/mol. The smallest absolute Gasteiger partial charge is 0.264 e. The molecule has 0 unspecified atom stereocenters. The number of ether oxygens (including phenoxy) is 3. The number of hydrogen-bond donors (Lipinski definition) is 2. The van der Waals surface area contributed by atoms with Crippen LogP contribution in [0.1, 0.15) is 71.1 Å². The zero-order valence-corrected chi connectivity index (χ0v) is 20.4. The Morgan fingerprint density at radius 3 is 1.71 bits per heavy atom. The summed E-state index contributed by atoms with van der Waals surface area (Å²) in [6.07, 6.45) is 11.9. The van der Waals surface area contributed by atoms with E-state index in [1.807, 2.05) is 0 Å². The van der Waals surface area contributed by atoms with Gasteiger partial charge in [0.2, 0.25) is 0 Å². The van der Waals surface area contributed by atoms with E-state index in [9.17, 15) is 4.79 Å². The number of hydrogen-bond acceptors (Lipinski definition) is 6. The van der Waals surface area contributed by atoms with Crippen LogP contribution in [0, 0.1) is 0 Å². The predicted molar refractivity (Wildman–Crippen MR) is 109 cm³/mol. The predicted octanol–water partition coefficient (Wildman–Crippen LogP) is 3.42. The van der Waals surface area contributed by atoms with Crippen molar-refractivity contribution in [3.63, 3.8) is 0 Å². The minimum absolute atomic E-state index is 0.0938. The van der Waals surface area contributed by atoms with E-state index in [4.69, 9.17) is 31.7 Å². The molecular formula is C18H37NaO8S. The first-order valence-electron chi connectivity index (χ1n) is 10.3. The van der Waals surface area contributed by atoms with Crippen LogP contribution in [0.4, 0.5) is 0 Å². The molecule has 0 saturated carbocycles. The summed E-state index contributed by atoms with van der Waals surface area (Å²) in [7, 11) is -4.67. The summed E-state index contributed by atoms with van der Waals surface area (Å²) in [6, 6.07) is 0. The van der Waals surface area contributed by atoms with Crippen LogP contribution in [-0.2, 0) is 29.4 Å². The van der Waals surface area contributed by atoms with Crippen molar-refractivity contribution in [3.05, 3.63) is 0 Å². The van der Waals surface area contributed by atoms with Crippen molar-refractivity contribution in [2.24, 2.45) is 0 Å². The number of carbonyl (C=O) groups is 1. The van der Waals surface area contributed by atoms with Crippen LogP contribution >= 0.6 is 0 Å². The number of esters is 1. The quantitative estimate of drug-likeness (QED) is 0.145. The molecule has 164 valence electrons. The van der Waals surface area contributed by atoms with Crippen LogP contribution in [0.5, 0.6) is 0 Å². The normalized spacial score (nSPS) is 11.0. The molecule has 0 aromatic carbocycles. The largest absolute Gasteiger partial charge is 0.394 e. The van der Waals surface area contributed by atoms with Crippen LogP contribution < -0.4 is 0 Å². The zero-order chi connectivity index (χ0) is 21.5. The molecule has 0 rings (SSSR count). The van der Waals surface area contributed by atoms with E-state index >= 15 is 0 Å². The Morgan fingerprint density at radius 1 is 0.786 bits per heavy atom. The maximum absolute atomic E-state index is 11.5. The van der Waals surface area contributed by atoms with E-state index in [-0.39, 0.29) is 5.97 Å². The van der Waals surface area contributed by atoms with E-state index in [1.165, 1.54) is 72.9 Å². The summed E-state index contributed by atoms with van der Waals surface area (Å²) < 4.78 is 48.6. The Bertz CT molecular complexity index is 423. The monoisotopic (exact) mass is 436 g/mol. The molecule has 0 aromatic heterocycles. The average Bonchev–Trinajstić information content (AvgIpc) is 2.61. The first-order valence-corrected chi connectivity index (χ1v) is 13.1. The van der Waals surface area contributed by atoms with Gasteiger partial charge in [-0.2, -0.15) is 8.42 Å². The molecule has 0 aliphatic heterocycles. The van der Waals surface area contributed by atoms with Crippen molar-refractivity contribution in [2.45, 2.75) is 74.8 Å². The Kier molecular flexibility index (Phi) is 25.6. The molecule has 0 radical (unpaired) electrons. The standard InChI is InChI=1S/C18H35O4.Na.H2O4S/c1-3-5-6-7-8-9-10-11-12-13-18(19)22-17-16-21-15-14-20-4-2;;1-5(2,3)4/h2-17H2,1H3;;(H2,1,2,3,4). The molecule has 0 aliphatic rings. The van der Waals surface area contributed by atoms with Crippen molar-refractivity contribution >= 4 is 44.3 Å². The van der Waals surface area contributed by atoms with E-state index in [0.29, 0.717) is 32.8 Å². The molecule has 28 heavy (non-hydrogen) atoms. The molecule has 2 N–H and O–H groups in total. The van der Waals surface area contributed by atoms with Gasteiger partial charge in [0.25, 0.3) is 0 Å². The van der Waals surface area contributed by atoms with Gasteiger partial charge in [-0.05, 0) is 0 Å². The summed E-state index contributed by atoms with van der Waals surface area (Å²) in [4.78, 5) is 11.5. The maximum Gasteiger partial charge on any atom is 0.394 e. The van der Waals surface area contributed by atoms with E-state index in [1.54, 1.807) is 0 Å². The first kappa shape index (κ1) is 30.5. The van der Waals surface area contributed by atoms with Gasteiger partial charge < -0.3 is 0 Å². The second kappa shape index (κ2) is 23.5. The van der Waals surface area contributed by atoms with Crippen LogP contribution in [0.3, 0.4) is 0 Å². The second-order valence-electron chi connectivity index (χ2n) is 6.47. The Hall–Kier alpha value is 0.260. The molecular weight excluding hydrogens is 399 g/mol. The van der Waals surface area contributed by atoms with Crippen molar-refractivity contribution < 1.29 is 36.5 Å². The van der Waals surface area contributed by atoms with Crippen molar-refractivity contribution in [1.82, 2.24) is 0 Å². The zero-order valence-electron chi connectivity index (χ0n) is 17.6. The Morgan fingerprint density at radius 2 is 1.21 bits per heavy atom. The SMILES string of the molecule is CCCCCCCCCCCC(=O)OCCOCCOC[CH2][Na].O=S(=O)(O)O. The fourth-order valence-electron chi connectivity index (χ4n) is 2.33. The molecule has 0 fully saturated rings. The minimum Gasteiger partial charge on any atom is -0.264 e. The van der Waals surface area contributed by atoms with E-state index in [0.717, 1.165) is 23.1 Å². The molecule has 0 amide bonds. The third kappa shape index (κ3) is 37.1. The fourth-order valence-corrected chi connectivity index (χ4v) is 2.62. The molecule has 0 spiro atoms. The van der Waals surface area contributed by atoms with Crippen LogP contribution in [0.2, 0.25) is 3.67 Å². The van der Waals surface area contributed by atoms with Gasteiger partial charge in [-0.25, -0.2) is 0 Å². The summed E-state index contributed by atoms with van der Waals surface area (Å²) in [5.41, 5.74) is 0. The third-order valence-electron chi connectivity index (χ3n) is 3.70. The topological polar surface area (TPSA) is 119 Å². The van der Waals surface area contributed by atoms with Gasteiger partial charge in [0.05, 0.1) is 0 Å². The van der Waals surface area contributed by atoms with Gasteiger partial charge in [-0.1, -0.05) is 58.3 Å². The summed E-state index contributed by atoms with van der Waals surface area (Å²) in [5, 5.41) is 0. The molecule has 0 saturated heterocycles. The maximum atomic E-state index is 11.5. The minimum atomic E-state index is -4.67. The molecule has 0 heterocycles. The van der Waals surface area contributed by atoms with Crippen molar-refractivity contribution in [1.29, 1.82) is 0 Å². The van der Waals surface area contributed by atoms with Gasteiger partial charge in [-0.15, -0.1) is 0 Å². The van der Waals surface area contributed by atoms with Crippen LogP contribution in [-0.4, -0.2) is 84.5 Å². The second-order valence-corrected chi connectivity index (χ2v) is 8.37. The Labute approximate surface area is 188 Å². The van der Waals surface area contributed by atoms with Crippen LogP contribution in [0.15, 0.2) is 0 Å². The molecule has 0 aliphatic carbocycles. The number of rotatable bonds is 18. The molecule has 0 atom stereocenters. The Balaban J connectivity index is 0. The van der Waals surface area contributed by atoms with Crippen molar-refractivity contribution in [3.8, 4) is 0 Å². The van der Waals surface area contributed by atoms with Gasteiger partial charge in [0.15, 0.2) is 0 Å². The summed E-state index contributed by atoms with van der Waals surface area (Å²) in [6.45, 7) is 5.12. The molecule has 0 bridgehead atoms. The van der Waals surface area contributed by atoms with Gasteiger partial charge in [-0.3, -0.25) is 9.11 Å². The van der Waals surface area contributed by atoms with E-state index in [2.05, 4.69) is 6.92 Å². The van der Waals surface area contributed by atoms with Crippen LogP contribution in [0.25, 0.3) is 0 Å². The third-order valence-corrected chi connectivity index (χ3v) is 4.10. The number of unbranched alkanes of at least 4 members (excludes halogenated alkanes) is 8. The van der Waals surface area contributed by atoms with E-state index < -0.39 is 10.4 Å². The molecule has 8 nitrogen and oxygen atoms in total. The molecule has 0 aromatic rings. The molecule has 10 heteroatoms.